The summed E-state index contributed by atoms with van der Waals surface area (Å²) in [5.74, 6) is 1.49. The Morgan fingerprint density at radius 1 is 1.40 bits per heavy atom. The van der Waals surface area contributed by atoms with Crippen LogP contribution in [0.2, 0.25) is 0 Å². The van der Waals surface area contributed by atoms with Gasteiger partial charge in [0, 0.05) is 6.42 Å². The van der Waals surface area contributed by atoms with Crippen molar-refractivity contribution in [1.82, 2.24) is 0 Å². The predicted molar refractivity (Wildman–Crippen MR) is 60.7 cm³/mol. The van der Waals surface area contributed by atoms with Crippen LogP contribution in [-0.4, -0.2) is 26.9 Å². The van der Waals surface area contributed by atoms with Gasteiger partial charge in [-0.05, 0) is 33.6 Å². The van der Waals surface area contributed by atoms with E-state index in [9.17, 15) is 0 Å². The number of epoxide rings is 1. The highest BCUT2D eigenvalue weighted by Gasteiger charge is 2.23. The van der Waals surface area contributed by atoms with Gasteiger partial charge in [0.15, 0.2) is 11.5 Å². The zero-order valence-electron chi connectivity index (χ0n) is 8.75. The van der Waals surface area contributed by atoms with Crippen molar-refractivity contribution in [2.75, 3.05) is 20.8 Å². The lowest BCUT2D eigenvalue weighted by atomic mass is 10.1. The van der Waals surface area contributed by atoms with Gasteiger partial charge in [-0.2, -0.15) is 0 Å². The maximum Gasteiger partial charge on any atom is 0.174 e. The first-order valence-corrected chi connectivity index (χ1v) is 5.56. The van der Waals surface area contributed by atoms with Gasteiger partial charge in [-0.15, -0.1) is 0 Å². The van der Waals surface area contributed by atoms with Crippen LogP contribution in [0, 0.1) is 0 Å². The van der Waals surface area contributed by atoms with E-state index in [0.717, 1.165) is 29.0 Å². The van der Waals surface area contributed by atoms with Crippen LogP contribution in [0.15, 0.2) is 16.6 Å². The van der Waals surface area contributed by atoms with Gasteiger partial charge >= 0.3 is 0 Å². The van der Waals surface area contributed by atoms with Crippen LogP contribution in [0.5, 0.6) is 11.5 Å². The molecule has 1 aromatic carbocycles. The highest BCUT2D eigenvalue weighted by Crippen LogP contribution is 2.37. The Labute approximate surface area is 97.5 Å². The number of rotatable bonds is 4. The van der Waals surface area contributed by atoms with E-state index in [-0.39, 0.29) is 0 Å². The lowest BCUT2D eigenvalue weighted by Crippen LogP contribution is -1.97. The van der Waals surface area contributed by atoms with Crippen molar-refractivity contribution in [2.24, 2.45) is 0 Å². The normalized spacial score (nSPS) is 18.7. The fourth-order valence-electron chi connectivity index (χ4n) is 1.54. The van der Waals surface area contributed by atoms with Crippen LogP contribution in [0.4, 0.5) is 0 Å². The summed E-state index contributed by atoms with van der Waals surface area (Å²) < 4.78 is 16.6. The highest BCUT2D eigenvalue weighted by atomic mass is 79.9. The van der Waals surface area contributed by atoms with Crippen LogP contribution in [-0.2, 0) is 11.2 Å². The van der Waals surface area contributed by atoms with Gasteiger partial charge in [0.2, 0.25) is 0 Å². The molecule has 0 N–H and O–H groups in total. The SMILES string of the molecule is COc1cc(CC2CO2)cc(Br)c1OC. The summed E-state index contributed by atoms with van der Waals surface area (Å²) in [4.78, 5) is 0. The second-order valence-corrected chi connectivity index (χ2v) is 4.33. The summed E-state index contributed by atoms with van der Waals surface area (Å²) in [6.45, 7) is 0.867. The average molecular weight is 273 g/mol. The molecule has 1 atom stereocenters. The first-order chi connectivity index (χ1) is 7.24. The summed E-state index contributed by atoms with van der Waals surface area (Å²) in [5.41, 5.74) is 1.20. The smallest absolute Gasteiger partial charge is 0.174 e. The molecule has 1 aromatic rings. The van der Waals surface area contributed by atoms with E-state index in [1.165, 1.54) is 5.56 Å². The topological polar surface area (TPSA) is 31.0 Å². The summed E-state index contributed by atoms with van der Waals surface area (Å²) in [6.07, 6.45) is 1.31. The molecule has 1 unspecified atom stereocenters. The zero-order valence-corrected chi connectivity index (χ0v) is 10.3. The molecule has 0 aliphatic carbocycles. The van der Waals surface area contributed by atoms with E-state index < -0.39 is 0 Å². The molecule has 0 radical (unpaired) electrons. The van der Waals surface area contributed by atoms with Gasteiger partial charge in [0.05, 0.1) is 31.4 Å². The number of halogens is 1. The minimum absolute atomic E-state index is 0.384. The van der Waals surface area contributed by atoms with Crippen molar-refractivity contribution in [3.63, 3.8) is 0 Å². The third kappa shape index (κ3) is 2.44. The molecule has 1 fully saturated rings. The Hall–Kier alpha value is -0.740. The molecule has 1 heterocycles. The number of methoxy groups -OCH3 is 2. The van der Waals surface area contributed by atoms with Crippen molar-refractivity contribution in [3.05, 3.63) is 22.2 Å². The van der Waals surface area contributed by atoms with Gasteiger partial charge in [-0.1, -0.05) is 0 Å². The molecular formula is C11H13BrO3. The van der Waals surface area contributed by atoms with Gasteiger partial charge < -0.3 is 14.2 Å². The molecule has 0 aromatic heterocycles. The molecule has 0 amide bonds. The third-order valence-electron chi connectivity index (χ3n) is 2.36. The van der Waals surface area contributed by atoms with Crippen molar-refractivity contribution < 1.29 is 14.2 Å². The Morgan fingerprint density at radius 2 is 2.13 bits per heavy atom. The van der Waals surface area contributed by atoms with Crippen LogP contribution in [0.1, 0.15) is 5.56 Å². The Morgan fingerprint density at radius 3 is 2.67 bits per heavy atom. The minimum atomic E-state index is 0.384. The van der Waals surface area contributed by atoms with Crippen molar-refractivity contribution in [1.29, 1.82) is 0 Å². The third-order valence-corrected chi connectivity index (χ3v) is 2.95. The number of ether oxygens (including phenoxy) is 3. The second kappa shape index (κ2) is 4.41. The fourth-order valence-corrected chi connectivity index (χ4v) is 2.19. The molecule has 0 saturated carbocycles. The maximum atomic E-state index is 5.26. The molecule has 4 heteroatoms. The molecule has 15 heavy (non-hydrogen) atoms. The standard InChI is InChI=1S/C11H13BrO3/c1-13-10-5-7(3-8-6-15-8)4-9(12)11(10)14-2/h4-5,8H,3,6H2,1-2H3. The molecule has 1 aliphatic rings. The molecule has 0 spiro atoms. The van der Waals surface area contributed by atoms with Crippen molar-refractivity contribution in [2.45, 2.75) is 12.5 Å². The average Bonchev–Trinajstić information content (AvgIpc) is 3.00. The molecule has 82 valence electrons. The molecule has 2 rings (SSSR count). The summed E-state index contributed by atoms with van der Waals surface area (Å²) in [5, 5.41) is 0. The Bertz CT molecular complexity index is 361. The van der Waals surface area contributed by atoms with Crippen molar-refractivity contribution in [3.8, 4) is 11.5 Å². The molecule has 3 nitrogen and oxygen atoms in total. The molecular weight excluding hydrogens is 260 g/mol. The summed E-state index contributed by atoms with van der Waals surface area (Å²) in [7, 11) is 3.27. The second-order valence-electron chi connectivity index (χ2n) is 3.47. The Kier molecular flexibility index (Phi) is 3.17. The van der Waals surface area contributed by atoms with Crippen LogP contribution >= 0.6 is 15.9 Å². The van der Waals surface area contributed by atoms with Gasteiger partial charge in [-0.25, -0.2) is 0 Å². The zero-order chi connectivity index (χ0) is 10.8. The van der Waals surface area contributed by atoms with Gasteiger partial charge in [-0.3, -0.25) is 0 Å². The Balaban J connectivity index is 2.28. The van der Waals surface area contributed by atoms with Crippen LogP contribution in [0.25, 0.3) is 0 Å². The van der Waals surface area contributed by atoms with E-state index in [4.69, 9.17) is 14.2 Å². The van der Waals surface area contributed by atoms with E-state index in [1.807, 2.05) is 12.1 Å². The first-order valence-electron chi connectivity index (χ1n) is 4.76. The molecule has 1 aliphatic heterocycles. The quantitative estimate of drug-likeness (QED) is 0.789. The summed E-state index contributed by atoms with van der Waals surface area (Å²) >= 11 is 3.46. The summed E-state index contributed by atoms with van der Waals surface area (Å²) in [6, 6.07) is 4.04. The minimum Gasteiger partial charge on any atom is -0.493 e. The van der Waals surface area contributed by atoms with E-state index in [2.05, 4.69) is 15.9 Å². The van der Waals surface area contributed by atoms with Crippen LogP contribution < -0.4 is 9.47 Å². The van der Waals surface area contributed by atoms with E-state index in [0.29, 0.717) is 6.10 Å². The largest absolute Gasteiger partial charge is 0.493 e. The monoisotopic (exact) mass is 272 g/mol. The van der Waals surface area contributed by atoms with E-state index in [1.54, 1.807) is 14.2 Å². The molecule has 1 saturated heterocycles. The predicted octanol–water partition coefficient (Wildman–Crippen LogP) is 2.41. The lowest BCUT2D eigenvalue weighted by molar-refractivity contribution is 0.352. The van der Waals surface area contributed by atoms with Crippen LogP contribution in [0.3, 0.4) is 0 Å². The molecule has 0 bridgehead atoms. The fraction of sp³-hybridized carbons (Fsp3) is 0.455. The van der Waals surface area contributed by atoms with Gasteiger partial charge in [0.1, 0.15) is 0 Å². The number of benzene rings is 1. The first kappa shape index (κ1) is 10.8. The number of hydrogen-bond acceptors (Lipinski definition) is 3. The maximum absolute atomic E-state index is 5.26. The highest BCUT2D eigenvalue weighted by molar-refractivity contribution is 9.10. The lowest BCUT2D eigenvalue weighted by Gasteiger charge is -2.11. The van der Waals surface area contributed by atoms with Gasteiger partial charge in [0.25, 0.3) is 0 Å². The van der Waals surface area contributed by atoms with E-state index >= 15 is 0 Å². The van der Waals surface area contributed by atoms with Crippen molar-refractivity contribution >= 4 is 15.9 Å². The number of hydrogen-bond donors (Lipinski definition) is 0.